The maximum absolute atomic E-state index is 3.63. The summed E-state index contributed by atoms with van der Waals surface area (Å²) in [5.41, 5.74) is 0. The summed E-state index contributed by atoms with van der Waals surface area (Å²) in [4.78, 5) is 2.31. The first kappa shape index (κ1) is 16.3. The van der Waals surface area contributed by atoms with Crippen LogP contribution in [0.5, 0.6) is 0 Å². The van der Waals surface area contributed by atoms with Crippen LogP contribution < -0.4 is 5.32 Å². The molecule has 0 aromatic rings. The van der Waals surface area contributed by atoms with Gasteiger partial charge in [0.1, 0.15) is 0 Å². The van der Waals surface area contributed by atoms with Crippen molar-refractivity contribution in [3.05, 3.63) is 0 Å². The largest absolute Gasteiger partial charge is 0.312 e. The average molecular weight is 246 g/mol. The van der Waals surface area contributed by atoms with Gasteiger partial charge in [-0.3, -0.25) is 0 Å². The number of likely N-dealkylation sites (N-methyl/N-ethyl adjacent to an activating group) is 1. The molecule has 0 aromatic heterocycles. The van der Waals surface area contributed by atoms with Crippen molar-refractivity contribution < 1.29 is 0 Å². The topological polar surface area (TPSA) is 15.3 Å². The van der Waals surface area contributed by atoms with Gasteiger partial charge >= 0.3 is 0 Å². The summed E-state index contributed by atoms with van der Waals surface area (Å²) >= 11 is 2.06. The third-order valence-electron chi connectivity index (χ3n) is 2.72. The quantitative estimate of drug-likeness (QED) is 0.673. The number of nitrogens with one attached hydrogen (secondary N) is 1. The van der Waals surface area contributed by atoms with Crippen molar-refractivity contribution >= 4 is 11.8 Å². The SMILES string of the molecule is CCC(CNC(C)CSCC(C)C)N(C)C. The molecule has 0 aliphatic carbocycles. The van der Waals surface area contributed by atoms with Crippen molar-refractivity contribution in [3.63, 3.8) is 0 Å². The molecular weight excluding hydrogens is 216 g/mol. The van der Waals surface area contributed by atoms with Crippen molar-refractivity contribution in [1.29, 1.82) is 0 Å². The summed E-state index contributed by atoms with van der Waals surface area (Å²) in [7, 11) is 4.32. The minimum atomic E-state index is 0.623. The van der Waals surface area contributed by atoms with Gasteiger partial charge in [0.05, 0.1) is 0 Å². The van der Waals surface area contributed by atoms with E-state index in [1.807, 2.05) is 0 Å². The van der Waals surface area contributed by atoms with Crippen LogP contribution in [0.15, 0.2) is 0 Å². The van der Waals surface area contributed by atoms with Gasteiger partial charge in [-0.1, -0.05) is 20.8 Å². The molecule has 16 heavy (non-hydrogen) atoms. The first-order valence-corrected chi connectivity index (χ1v) is 7.60. The highest BCUT2D eigenvalue weighted by Crippen LogP contribution is 2.09. The van der Waals surface area contributed by atoms with Crippen molar-refractivity contribution in [2.45, 2.75) is 46.2 Å². The molecular formula is C13H30N2S. The zero-order valence-corrected chi connectivity index (χ0v) is 12.7. The third kappa shape index (κ3) is 8.43. The van der Waals surface area contributed by atoms with Gasteiger partial charge in [0.2, 0.25) is 0 Å². The number of thioether (sulfide) groups is 1. The Morgan fingerprint density at radius 2 is 1.75 bits per heavy atom. The fourth-order valence-corrected chi connectivity index (χ4v) is 2.65. The van der Waals surface area contributed by atoms with Crippen molar-refractivity contribution in [3.8, 4) is 0 Å². The molecule has 2 unspecified atom stereocenters. The molecule has 0 bridgehead atoms. The molecule has 2 nitrogen and oxygen atoms in total. The fourth-order valence-electron chi connectivity index (χ4n) is 1.57. The highest BCUT2D eigenvalue weighted by molar-refractivity contribution is 7.99. The predicted octanol–water partition coefficient (Wildman–Crippen LogP) is 2.69. The van der Waals surface area contributed by atoms with E-state index in [-0.39, 0.29) is 0 Å². The standard InChI is InChI=1S/C13H30N2S/c1-7-13(15(5)6)8-14-12(4)10-16-9-11(2)3/h11-14H,7-10H2,1-6H3. The van der Waals surface area contributed by atoms with Gasteiger partial charge in [-0.05, 0) is 39.1 Å². The second-order valence-electron chi connectivity index (χ2n) is 5.27. The van der Waals surface area contributed by atoms with Gasteiger partial charge in [-0.15, -0.1) is 0 Å². The Labute approximate surface area is 107 Å². The predicted molar refractivity (Wildman–Crippen MR) is 77.4 cm³/mol. The van der Waals surface area contributed by atoms with Crippen molar-refractivity contribution in [2.24, 2.45) is 5.92 Å². The summed E-state index contributed by atoms with van der Waals surface area (Å²) in [5, 5.41) is 3.63. The van der Waals surface area contributed by atoms with E-state index in [0.717, 1.165) is 12.5 Å². The van der Waals surface area contributed by atoms with Gasteiger partial charge in [0.15, 0.2) is 0 Å². The minimum absolute atomic E-state index is 0.623. The van der Waals surface area contributed by atoms with Crippen LogP contribution in [0.25, 0.3) is 0 Å². The van der Waals surface area contributed by atoms with Crippen LogP contribution in [0.3, 0.4) is 0 Å². The lowest BCUT2D eigenvalue weighted by Gasteiger charge is -2.25. The zero-order chi connectivity index (χ0) is 12.6. The Morgan fingerprint density at radius 1 is 1.12 bits per heavy atom. The summed E-state index contributed by atoms with van der Waals surface area (Å²) in [6, 6.07) is 1.29. The van der Waals surface area contributed by atoms with E-state index in [4.69, 9.17) is 0 Å². The molecule has 0 saturated heterocycles. The second-order valence-corrected chi connectivity index (χ2v) is 6.34. The molecule has 1 N–H and O–H groups in total. The monoisotopic (exact) mass is 246 g/mol. The van der Waals surface area contributed by atoms with Gasteiger partial charge in [-0.2, -0.15) is 11.8 Å². The number of nitrogens with zero attached hydrogens (tertiary/aromatic N) is 1. The van der Waals surface area contributed by atoms with E-state index < -0.39 is 0 Å². The summed E-state index contributed by atoms with van der Waals surface area (Å²) in [5.74, 6) is 3.31. The molecule has 0 amide bonds. The van der Waals surface area contributed by atoms with Crippen molar-refractivity contribution in [2.75, 3.05) is 32.1 Å². The Balaban J connectivity index is 3.59. The van der Waals surface area contributed by atoms with Gasteiger partial charge in [0, 0.05) is 24.4 Å². The number of rotatable bonds is 9. The van der Waals surface area contributed by atoms with E-state index >= 15 is 0 Å². The molecule has 0 rings (SSSR count). The normalized spacial score (nSPS) is 15.8. The first-order chi connectivity index (χ1) is 7.47. The molecule has 0 spiro atoms. The molecule has 0 saturated carbocycles. The summed E-state index contributed by atoms with van der Waals surface area (Å²) in [6.45, 7) is 10.2. The molecule has 0 fully saturated rings. The molecule has 0 radical (unpaired) electrons. The van der Waals surface area contributed by atoms with Crippen LogP contribution in [0.2, 0.25) is 0 Å². The van der Waals surface area contributed by atoms with Gasteiger partial charge in [0.25, 0.3) is 0 Å². The molecule has 0 heterocycles. The number of hydrogen-bond donors (Lipinski definition) is 1. The molecule has 2 atom stereocenters. The molecule has 0 aliphatic heterocycles. The first-order valence-electron chi connectivity index (χ1n) is 6.44. The lowest BCUT2D eigenvalue weighted by molar-refractivity contribution is 0.271. The smallest absolute Gasteiger partial charge is 0.0212 e. The van der Waals surface area contributed by atoms with Crippen LogP contribution in [0.1, 0.15) is 34.1 Å². The van der Waals surface area contributed by atoms with Crippen LogP contribution in [-0.2, 0) is 0 Å². The highest BCUT2D eigenvalue weighted by atomic mass is 32.2. The van der Waals surface area contributed by atoms with E-state index in [1.165, 1.54) is 17.9 Å². The fraction of sp³-hybridized carbons (Fsp3) is 1.00. The van der Waals surface area contributed by atoms with Crippen LogP contribution in [-0.4, -0.2) is 49.1 Å². The van der Waals surface area contributed by atoms with E-state index in [0.29, 0.717) is 12.1 Å². The molecule has 98 valence electrons. The van der Waals surface area contributed by atoms with Gasteiger partial charge in [-0.25, -0.2) is 0 Å². The zero-order valence-electron chi connectivity index (χ0n) is 11.9. The maximum atomic E-state index is 3.63. The minimum Gasteiger partial charge on any atom is -0.312 e. The Morgan fingerprint density at radius 3 is 2.19 bits per heavy atom. The van der Waals surface area contributed by atoms with E-state index in [2.05, 4.69) is 63.8 Å². The Kier molecular flexibility index (Phi) is 9.47. The lowest BCUT2D eigenvalue weighted by atomic mass is 10.2. The average Bonchev–Trinajstić information content (AvgIpc) is 2.17. The Hall–Kier alpha value is 0.270. The van der Waals surface area contributed by atoms with E-state index in [1.54, 1.807) is 0 Å². The molecule has 0 aliphatic rings. The van der Waals surface area contributed by atoms with E-state index in [9.17, 15) is 0 Å². The molecule has 3 heteroatoms. The second kappa shape index (κ2) is 9.32. The Bertz CT molecular complexity index is 160. The van der Waals surface area contributed by atoms with Crippen LogP contribution >= 0.6 is 11.8 Å². The third-order valence-corrected chi connectivity index (χ3v) is 4.36. The van der Waals surface area contributed by atoms with Crippen molar-refractivity contribution in [1.82, 2.24) is 10.2 Å². The summed E-state index contributed by atoms with van der Waals surface area (Å²) < 4.78 is 0. The maximum Gasteiger partial charge on any atom is 0.0212 e. The summed E-state index contributed by atoms with van der Waals surface area (Å²) in [6.07, 6.45) is 1.21. The van der Waals surface area contributed by atoms with Crippen LogP contribution in [0, 0.1) is 5.92 Å². The van der Waals surface area contributed by atoms with Crippen LogP contribution in [0.4, 0.5) is 0 Å². The molecule has 0 aromatic carbocycles. The van der Waals surface area contributed by atoms with Gasteiger partial charge < -0.3 is 10.2 Å². The lowest BCUT2D eigenvalue weighted by Crippen LogP contribution is -2.41. The number of hydrogen-bond acceptors (Lipinski definition) is 3. The highest BCUT2D eigenvalue weighted by Gasteiger charge is 2.10.